The Bertz CT molecular complexity index is 530. The summed E-state index contributed by atoms with van der Waals surface area (Å²) in [7, 11) is 0. The summed E-state index contributed by atoms with van der Waals surface area (Å²) in [4.78, 5) is 33.0. The maximum Gasteiger partial charge on any atom is 0.224 e. The average molecular weight is 311 g/mol. The van der Waals surface area contributed by atoms with Gasteiger partial charge in [-0.2, -0.15) is 0 Å². The molecule has 1 saturated heterocycles. The van der Waals surface area contributed by atoms with Crippen LogP contribution in [0.3, 0.4) is 0 Å². The molecule has 0 spiro atoms. The van der Waals surface area contributed by atoms with E-state index in [1.165, 1.54) is 6.42 Å². The topological polar surface area (TPSA) is 75.2 Å². The van der Waals surface area contributed by atoms with Crippen molar-refractivity contribution < 1.29 is 9.59 Å². The number of hydrogen-bond donors (Lipinski definition) is 1. The molecule has 2 rings (SSSR count). The van der Waals surface area contributed by atoms with Gasteiger partial charge in [0.25, 0.3) is 0 Å². The summed E-state index contributed by atoms with van der Waals surface area (Å²) < 4.78 is 0. The number of nitrogens with one attached hydrogen (secondary N) is 1. The molecule has 1 fully saturated rings. The number of hydrogen-bond acceptors (Lipinski definition) is 5. The van der Waals surface area contributed by atoms with E-state index in [4.69, 9.17) is 11.6 Å². The zero-order valence-electron chi connectivity index (χ0n) is 12.1. The fraction of sp³-hybridized carbons (Fsp3) is 0.571. The standard InChI is InChI=1S/C14H19ClN4O2/c1-10-17-13(15)11(9-20)14(18-10)16-6-5-12(21)19-7-3-2-4-8-19/h9H,2-8H2,1H3,(H,16,17,18). The maximum absolute atomic E-state index is 12.0. The number of nitrogens with zero attached hydrogens (tertiary/aromatic N) is 3. The van der Waals surface area contributed by atoms with E-state index < -0.39 is 0 Å². The second-order valence-electron chi connectivity index (χ2n) is 5.06. The lowest BCUT2D eigenvalue weighted by Gasteiger charge is -2.26. The quantitative estimate of drug-likeness (QED) is 0.665. The van der Waals surface area contributed by atoms with Crippen molar-refractivity contribution in [3.8, 4) is 0 Å². The second kappa shape index (κ2) is 7.36. The van der Waals surface area contributed by atoms with Crippen LogP contribution in [0.15, 0.2) is 0 Å². The van der Waals surface area contributed by atoms with E-state index in [0.29, 0.717) is 30.9 Å². The SMILES string of the molecule is Cc1nc(Cl)c(C=O)c(NCCC(=O)N2CCCCC2)n1. The molecule has 1 aromatic rings. The number of carbonyl (C=O) groups is 2. The minimum Gasteiger partial charge on any atom is -0.369 e. The Morgan fingerprint density at radius 1 is 1.33 bits per heavy atom. The molecule has 0 aromatic carbocycles. The largest absolute Gasteiger partial charge is 0.369 e. The smallest absolute Gasteiger partial charge is 0.224 e. The van der Waals surface area contributed by atoms with E-state index in [0.717, 1.165) is 25.9 Å². The number of halogens is 1. The van der Waals surface area contributed by atoms with Gasteiger partial charge in [0, 0.05) is 26.1 Å². The summed E-state index contributed by atoms with van der Waals surface area (Å²) in [5.74, 6) is 0.996. The molecule has 1 aliphatic heterocycles. The molecular weight excluding hydrogens is 292 g/mol. The first-order valence-corrected chi connectivity index (χ1v) is 7.50. The minimum atomic E-state index is 0.127. The number of piperidine rings is 1. The first-order chi connectivity index (χ1) is 10.1. The lowest BCUT2D eigenvalue weighted by molar-refractivity contribution is -0.131. The number of aryl methyl sites for hydroxylation is 1. The first-order valence-electron chi connectivity index (χ1n) is 7.13. The van der Waals surface area contributed by atoms with Crippen LogP contribution in [-0.2, 0) is 4.79 Å². The third-order valence-electron chi connectivity index (χ3n) is 3.47. The predicted octanol–water partition coefficient (Wildman–Crippen LogP) is 2.07. The third-order valence-corrected chi connectivity index (χ3v) is 3.76. The molecule has 21 heavy (non-hydrogen) atoms. The van der Waals surface area contributed by atoms with Crippen LogP contribution >= 0.6 is 11.6 Å². The lowest BCUT2D eigenvalue weighted by atomic mass is 10.1. The van der Waals surface area contributed by atoms with Gasteiger partial charge in [0.2, 0.25) is 5.91 Å². The van der Waals surface area contributed by atoms with Crippen molar-refractivity contribution in [3.05, 3.63) is 16.5 Å². The molecule has 114 valence electrons. The Morgan fingerprint density at radius 3 is 2.71 bits per heavy atom. The average Bonchev–Trinajstić information content (AvgIpc) is 2.47. The molecule has 0 saturated carbocycles. The van der Waals surface area contributed by atoms with Gasteiger partial charge in [-0.3, -0.25) is 9.59 Å². The van der Waals surface area contributed by atoms with Crippen molar-refractivity contribution in [2.24, 2.45) is 0 Å². The van der Waals surface area contributed by atoms with Gasteiger partial charge >= 0.3 is 0 Å². The first kappa shape index (κ1) is 15.7. The van der Waals surface area contributed by atoms with Crippen LogP contribution in [0.5, 0.6) is 0 Å². The van der Waals surface area contributed by atoms with Crippen LogP contribution in [0.1, 0.15) is 41.9 Å². The van der Waals surface area contributed by atoms with Crippen molar-refractivity contribution >= 4 is 29.6 Å². The number of aromatic nitrogens is 2. The number of aldehydes is 1. The summed E-state index contributed by atoms with van der Waals surface area (Å²) >= 11 is 5.90. The van der Waals surface area contributed by atoms with Crippen LogP contribution < -0.4 is 5.32 Å². The van der Waals surface area contributed by atoms with E-state index in [1.807, 2.05) is 4.90 Å². The van der Waals surface area contributed by atoms with Crippen molar-refractivity contribution in [1.82, 2.24) is 14.9 Å². The Hall–Kier alpha value is -1.69. The monoisotopic (exact) mass is 310 g/mol. The number of anilines is 1. The van der Waals surface area contributed by atoms with Gasteiger partial charge in [-0.15, -0.1) is 0 Å². The molecule has 6 nitrogen and oxygen atoms in total. The number of carbonyl (C=O) groups excluding carboxylic acids is 2. The van der Waals surface area contributed by atoms with Crippen LogP contribution in [0, 0.1) is 6.92 Å². The van der Waals surface area contributed by atoms with Crippen molar-refractivity contribution in [3.63, 3.8) is 0 Å². The Labute approximate surface area is 128 Å². The molecular formula is C14H19ClN4O2. The van der Waals surface area contributed by atoms with E-state index in [2.05, 4.69) is 15.3 Å². The Kier molecular flexibility index (Phi) is 5.50. The van der Waals surface area contributed by atoms with E-state index in [-0.39, 0.29) is 16.6 Å². The fourth-order valence-corrected chi connectivity index (χ4v) is 2.63. The zero-order valence-corrected chi connectivity index (χ0v) is 12.8. The highest BCUT2D eigenvalue weighted by molar-refractivity contribution is 6.32. The van der Waals surface area contributed by atoms with Gasteiger partial charge in [-0.25, -0.2) is 9.97 Å². The molecule has 1 N–H and O–H groups in total. The molecule has 0 bridgehead atoms. The Balaban J connectivity index is 1.91. The summed E-state index contributed by atoms with van der Waals surface area (Å²) in [6, 6.07) is 0. The summed E-state index contributed by atoms with van der Waals surface area (Å²) in [5, 5.41) is 3.13. The summed E-state index contributed by atoms with van der Waals surface area (Å²) in [5.41, 5.74) is 0.229. The number of amides is 1. The normalized spacial score (nSPS) is 14.9. The predicted molar refractivity (Wildman–Crippen MR) is 80.7 cm³/mol. The van der Waals surface area contributed by atoms with Gasteiger partial charge in [-0.05, 0) is 26.2 Å². The van der Waals surface area contributed by atoms with Crippen LogP contribution in [0.4, 0.5) is 5.82 Å². The summed E-state index contributed by atoms with van der Waals surface area (Å²) in [6.45, 7) is 3.81. The molecule has 1 amide bonds. The summed E-state index contributed by atoms with van der Waals surface area (Å²) in [6.07, 6.45) is 4.35. The molecule has 1 aromatic heterocycles. The second-order valence-corrected chi connectivity index (χ2v) is 5.42. The highest BCUT2D eigenvalue weighted by atomic mass is 35.5. The van der Waals surface area contributed by atoms with Crippen LogP contribution in [-0.4, -0.2) is 46.7 Å². The van der Waals surface area contributed by atoms with Gasteiger partial charge in [0.15, 0.2) is 6.29 Å². The zero-order chi connectivity index (χ0) is 15.2. The van der Waals surface area contributed by atoms with Crippen LogP contribution in [0.25, 0.3) is 0 Å². The molecule has 0 atom stereocenters. The van der Waals surface area contributed by atoms with Gasteiger partial charge < -0.3 is 10.2 Å². The van der Waals surface area contributed by atoms with Crippen molar-refractivity contribution in [2.75, 3.05) is 25.0 Å². The number of rotatable bonds is 5. The highest BCUT2D eigenvalue weighted by Crippen LogP contribution is 2.19. The number of likely N-dealkylation sites (tertiary alicyclic amines) is 1. The lowest BCUT2D eigenvalue weighted by Crippen LogP contribution is -2.36. The van der Waals surface area contributed by atoms with Crippen molar-refractivity contribution in [2.45, 2.75) is 32.6 Å². The third kappa shape index (κ3) is 4.14. The van der Waals surface area contributed by atoms with Crippen molar-refractivity contribution in [1.29, 1.82) is 0 Å². The molecule has 0 unspecified atom stereocenters. The molecule has 0 radical (unpaired) electrons. The van der Waals surface area contributed by atoms with Gasteiger partial charge in [0.1, 0.15) is 16.8 Å². The minimum absolute atomic E-state index is 0.127. The maximum atomic E-state index is 12.0. The highest BCUT2D eigenvalue weighted by Gasteiger charge is 2.16. The van der Waals surface area contributed by atoms with Gasteiger partial charge in [-0.1, -0.05) is 11.6 Å². The van der Waals surface area contributed by atoms with E-state index in [1.54, 1.807) is 6.92 Å². The van der Waals surface area contributed by atoms with Gasteiger partial charge in [0.05, 0.1) is 5.56 Å². The molecule has 1 aliphatic rings. The molecule has 0 aliphatic carbocycles. The fourth-order valence-electron chi connectivity index (χ4n) is 2.38. The van der Waals surface area contributed by atoms with Crippen LogP contribution in [0.2, 0.25) is 5.15 Å². The molecule has 2 heterocycles. The van der Waals surface area contributed by atoms with E-state index in [9.17, 15) is 9.59 Å². The Morgan fingerprint density at radius 2 is 2.05 bits per heavy atom. The van der Waals surface area contributed by atoms with E-state index >= 15 is 0 Å². The molecule has 7 heteroatoms.